The zero-order chi connectivity index (χ0) is 19.7. The zero-order valence-corrected chi connectivity index (χ0v) is 17.4. The number of aryl methyl sites for hydroxylation is 2. The first-order valence-corrected chi connectivity index (χ1v) is 11.1. The number of benzene rings is 1. The normalized spacial score (nSPS) is 17.3. The second-order valence-corrected chi connectivity index (χ2v) is 10.4. The van der Waals surface area contributed by atoms with Crippen LogP contribution in [0.2, 0.25) is 0 Å². The molecule has 0 bridgehead atoms. The van der Waals surface area contributed by atoms with E-state index in [1.165, 1.54) is 5.56 Å². The highest BCUT2D eigenvalue weighted by Gasteiger charge is 2.30. The third-order valence-corrected chi connectivity index (χ3v) is 7.08. The van der Waals surface area contributed by atoms with Crippen LogP contribution in [0.1, 0.15) is 62.4 Å². The molecule has 0 aliphatic carbocycles. The summed E-state index contributed by atoms with van der Waals surface area (Å²) in [5.74, 6) is 1.48. The lowest BCUT2D eigenvalue weighted by atomic mass is 9.86. The van der Waals surface area contributed by atoms with Gasteiger partial charge < -0.3 is 4.42 Å². The molecule has 1 aromatic heterocycles. The molecule has 0 atom stereocenters. The lowest BCUT2D eigenvalue weighted by Crippen LogP contribution is -2.39. The number of hydrogen-bond acceptors (Lipinski definition) is 5. The number of sulfonamides is 1. The van der Waals surface area contributed by atoms with E-state index >= 15 is 0 Å². The van der Waals surface area contributed by atoms with Gasteiger partial charge in [0.1, 0.15) is 0 Å². The zero-order valence-electron chi connectivity index (χ0n) is 16.6. The molecule has 148 valence electrons. The maximum absolute atomic E-state index is 12.7. The van der Waals surface area contributed by atoms with E-state index in [1.54, 1.807) is 11.2 Å². The smallest absolute Gasteiger partial charge is 0.219 e. The van der Waals surface area contributed by atoms with Crippen LogP contribution in [0, 0.1) is 6.92 Å². The summed E-state index contributed by atoms with van der Waals surface area (Å²) in [6.07, 6.45) is 1.98. The molecule has 2 heterocycles. The van der Waals surface area contributed by atoms with Crippen molar-refractivity contribution in [3.8, 4) is 0 Å². The van der Waals surface area contributed by atoms with Crippen LogP contribution >= 0.6 is 0 Å². The third kappa shape index (κ3) is 4.96. The minimum absolute atomic E-state index is 0.103. The summed E-state index contributed by atoms with van der Waals surface area (Å²) in [6.45, 7) is 9.31. The molecule has 2 aromatic rings. The Labute approximate surface area is 162 Å². The lowest BCUT2D eigenvalue weighted by molar-refractivity contribution is 0.288. The van der Waals surface area contributed by atoms with E-state index in [4.69, 9.17) is 4.42 Å². The molecule has 7 heteroatoms. The summed E-state index contributed by atoms with van der Waals surface area (Å²) in [7, 11) is -3.25. The maximum Gasteiger partial charge on any atom is 0.219 e. The van der Waals surface area contributed by atoms with Gasteiger partial charge >= 0.3 is 0 Å². The number of hydrogen-bond donors (Lipinski definition) is 0. The molecule has 0 unspecified atom stereocenters. The average molecular weight is 392 g/mol. The highest BCUT2D eigenvalue weighted by molar-refractivity contribution is 7.89. The topological polar surface area (TPSA) is 76.3 Å². The minimum atomic E-state index is -3.25. The van der Waals surface area contributed by atoms with Gasteiger partial charge in [-0.2, -0.15) is 0 Å². The van der Waals surface area contributed by atoms with E-state index < -0.39 is 10.0 Å². The molecule has 6 nitrogen and oxygen atoms in total. The summed E-state index contributed by atoms with van der Waals surface area (Å²) in [6, 6.07) is 8.28. The van der Waals surface area contributed by atoms with Crippen molar-refractivity contribution in [2.45, 2.75) is 58.3 Å². The molecule has 3 rings (SSSR count). The Hall–Kier alpha value is -1.73. The second kappa shape index (κ2) is 7.72. The molecule has 1 saturated heterocycles. The van der Waals surface area contributed by atoms with E-state index in [0.717, 1.165) is 18.4 Å². The van der Waals surface area contributed by atoms with Crippen molar-refractivity contribution >= 4 is 10.0 Å². The summed E-state index contributed by atoms with van der Waals surface area (Å²) in [4.78, 5) is 0. The molecule has 0 amide bonds. The van der Waals surface area contributed by atoms with Crippen LogP contribution in [0.5, 0.6) is 0 Å². The Morgan fingerprint density at radius 2 is 1.74 bits per heavy atom. The largest absolute Gasteiger partial charge is 0.425 e. The molecule has 1 aliphatic rings. The fourth-order valence-corrected chi connectivity index (χ4v) is 4.92. The Morgan fingerprint density at radius 1 is 1.11 bits per heavy atom. The molecule has 27 heavy (non-hydrogen) atoms. The molecule has 0 saturated carbocycles. The van der Waals surface area contributed by atoms with Crippen molar-refractivity contribution in [3.05, 3.63) is 47.2 Å². The van der Waals surface area contributed by atoms with Crippen LogP contribution in [0.15, 0.2) is 28.7 Å². The van der Waals surface area contributed by atoms with Gasteiger partial charge in [0.25, 0.3) is 0 Å². The highest BCUT2D eigenvalue weighted by atomic mass is 32.2. The average Bonchev–Trinajstić information content (AvgIpc) is 3.06. The first-order chi connectivity index (χ1) is 12.6. The van der Waals surface area contributed by atoms with Gasteiger partial charge in [-0.25, -0.2) is 12.7 Å². The monoisotopic (exact) mass is 391 g/mol. The summed E-state index contributed by atoms with van der Waals surface area (Å²) in [5.41, 5.74) is 2.42. The number of aromatic nitrogens is 2. The molecule has 0 spiro atoms. The summed E-state index contributed by atoms with van der Waals surface area (Å²) < 4.78 is 32.5. The van der Waals surface area contributed by atoms with Crippen LogP contribution < -0.4 is 0 Å². The SMILES string of the molecule is Cc1nnc(C2CCN(S(=O)(=O)CCc3ccc(C(C)(C)C)cc3)CC2)o1. The van der Waals surface area contributed by atoms with Crippen LogP contribution in [0.3, 0.4) is 0 Å². The molecule has 1 aromatic carbocycles. The first kappa shape index (κ1) is 20.0. The van der Waals surface area contributed by atoms with Crippen molar-refractivity contribution < 1.29 is 12.8 Å². The Morgan fingerprint density at radius 3 is 2.26 bits per heavy atom. The van der Waals surface area contributed by atoms with E-state index in [2.05, 4.69) is 43.1 Å². The fraction of sp³-hybridized carbons (Fsp3) is 0.600. The summed E-state index contributed by atoms with van der Waals surface area (Å²) in [5, 5.41) is 7.94. The Bertz CT molecular complexity index is 859. The Kier molecular flexibility index (Phi) is 5.72. The van der Waals surface area contributed by atoms with Crippen molar-refractivity contribution in [2.75, 3.05) is 18.8 Å². The number of piperidine rings is 1. The van der Waals surface area contributed by atoms with E-state index in [9.17, 15) is 8.42 Å². The molecular weight excluding hydrogens is 362 g/mol. The van der Waals surface area contributed by atoms with Crippen molar-refractivity contribution in [1.29, 1.82) is 0 Å². The molecule has 0 radical (unpaired) electrons. The van der Waals surface area contributed by atoms with Crippen molar-refractivity contribution in [2.24, 2.45) is 0 Å². The van der Waals surface area contributed by atoms with Crippen LogP contribution in [0.4, 0.5) is 0 Å². The van der Waals surface area contributed by atoms with Crippen LogP contribution in [-0.4, -0.2) is 41.8 Å². The predicted octanol–water partition coefficient (Wildman–Crippen LogP) is 3.43. The van der Waals surface area contributed by atoms with Gasteiger partial charge in [-0.1, -0.05) is 45.0 Å². The number of nitrogens with zero attached hydrogens (tertiary/aromatic N) is 3. The van der Waals surface area contributed by atoms with Gasteiger partial charge in [0.2, 0.25) is 21.8 Å². The molecule has 0 N–H and O–H groups in total. The van der Waals surface area contributed by atoms with Gasteiger partial charge in [0.05, 0.1) is 5.75 Å². The fourth-order valence-electron chi connectivity index (χ4n) is 3.41. The summed E-state index contributed by atoms with van der Waals surface area (Å²) >= 11 is 0. The van der Waals surface area contributed by atoms with Gasteiger partial charge in [0.15, 0.2) is 0 Å². The van der Waals surface area contributed by atoms with E-state index in [1.807, 2.05) is 12.1 Å². The Balaban J connectivity index is 1.54. The lowest BCUT2D eigenvalue weighted by Gasteiger charge is -2.29. The van der Waals surface area contributed by atoms with Crippen molar-refractivity contribution in [1.82, 2.24) is 14.5 Å². The van der Waals surface area contributed by atoms with Gasteiger partial charge in [-0.15, -0.1) is 10.2 Å². The number of rotatable bonds is 5. The standard InChI is InChI=1S/C20H29N3O3S/c1-15-21-22-19(26-15)17-9-12-23(13-10-17)27(24,25)14-11-16-5-7-18(8-6-16)20(2,3)4/h5-8,17H,9-14H2,1-4H3. The van der Waals surface area contributed by atoms with E-state index in [-0.39, 0.29) is 17.1 Å². The van der Waals surface area contributed by atoms with Gasteiger partial charge in [-0.05, 0) is 35.8 Å². The van der Waals surface area contributed by atoms with Crippen molar-refractivity contribution in [3.63, 3.8) is 0 Å². The highest BCUT2D eigenvalue weighted by Crippen LogP contribution is 2.28. The van der Waals surface area contributed by atoms with Crippen LogP contribution in [-0.2, 0) is 21.9 Å². The quantitative estimate of drug-likeness (QED) is 0.780. The van der Waals surface area contributed by atoms with Gasteiger partial charge in [-0.3, -0.25) is 0 Å². The molecular formula is C20H29N3O3S. The van der Waals surface area contributed by atoms with Gasteiger partial charge in [0, 0.05) is 25.9 Å². The van der Waals surface area contributed by atoms with Crippen LogP contribution in [0.25, 0.3) is 0 Å². The maximum atomic E-state index is 12.7. The predicted molar refractivity (Wildman–Crippen MR) is 105 cm³/mol. The molecule has 1 fully saturated rings. The third-order valence-electron chi connectivity index (χ3n) is 5.21. The van der Waals surface area contributed by atoms with E-state index in [0.29, 0.717) is 31.3 Å². The molecule has 1 aliphatic heterocycles. The second-order valence-electron chi connectivity index (χ2n) is 8.35. The minimum Gasteiger partial charge on any atom is -0.425 e. The first-order valence-electron chi connectivity index (χ1n) is 9.52.